The van der Waals surface area contributed by atoms with Crippen LogP contribution in [0.5, 0.6) is 0 Å². The molecule has 220 valence electrons. The van der Waals surface area contributed by atoms with Gasteiger partial charge in [-0.1, -0.05) is 32.0 Å². The number of nitrogens with two attached hydrogens (primary N) is 3. The number of aliphatic hydroxyl groups excluding tert-OH is 1. The number of carbonyl (C=O) groups excluding carboxylic acids is 3. The third-order valence-corrected chi connectivity index (χ3v) is 6.17. The number of nitrogens with zero attached hydrogens (tertiary/aromatic N) is 1. The number of benzene rings is 1. The number of aromatic nitrogens is 1. The van der Waals surface area contributed by atoms with Crippen LogP contribution in [0.4, 0.5) is 0 Å². The number of aliphatic imine (C=N–C) groups is 1. The fraction of sp³-hybridized carbons (Fsp3) is 0.500. The van der Waals surface area contributed by atoms with Crippen molar-refractivity contribution in [2.75, 3.05) is 13.2 Å². The number of aliphatic hydroxyl groups is 1. The second-order valence-electron chi connectivity index (χ2n) is 9.95. The molecule has 0 saturated heterocycles. The number of carboxylic acids is 1. The first-order valence-corrected chi connectivity index (χ1v) is 13.0. The molecule has 1 heterocycles. The van der Waals surface area contributed by atoms with E-state index >= 15 is 0 Å². The van der Waals surface area contributed by atoms with Crippen molar-refractivity contribution in [3.8, 4) is 0 Å². The number of carbonyl (C=O) groups is 4. The molecule has 0 unspecified atom stereocenters. The van der Waals surface area contributed by atoms with E-state index in [2.05, 4.69) is 25.9 Å². The van der Waals surface area contributed by atoms with Crippen LogP contribution in [0.25, 0.3) is 10.9 Å². The van der Waals surface area contributed by atoms with Gasteiger partial charge in [-0.05, 0) is 36.8 Å². The summed E-state index contributed by atoms with van der Waals surface area (Å²) in [6, 6.07) is 2.62. The number of aromatic amines is 1. The van der Waals surface area contributed by atoms with Gasteiger partial charge in [0.05, 0.1) is 12.6 Å². The van der Waals surface area contributed by atoms with Gasteiger partial charge in [-0.15, -0.1) is 0 Å². The van der Waals surface area contributed by atoms with Crippen molar-refractivity contribution in [2.24, 2.45) is 28.1 Å². The quantitative estimate of drug-likeness (QED) is 0.0669. The van der Waals surface area contributed by atoms with Crippen LogP contribution in [0.2, 0.25) is 0 Å². The minimum atomic E-state index is -1.57. The van der Waals surface area contributed by atoms with Gasteiger partial charge >= 0.3 is 5.97 Å². The van der Waals surface area contributed by atoms with Crippen LogP contribution in [-0.4, -0.2) is 82.2 Å². The Morgan fingerprint density at radius 1 is 0.975 bits per heavy atom. The number of hydrogen-bond acceptors (Lipinski definition) is 7. The van der Waals surface area contributed by atoms with Gasteiger partial charge in [0.1, 0.15) is 18.1 Å². The van der Waals surface area contributed by atoms with Crippen molar-refractivity contribution in [3.05, 3.63) is 36.0 Å². The Bertz CT molecular complexity index is 1190. The molecule has 14 nitrogen and oxygen atoms in total. The van der Waals surface area contributed by atoms with Gasteiger partial charge in [-0.3, -0.25) is 19.4 Å². The first-order chi connectivity index (χ1) is 18.9. The minimum Gasteiger partial charge on any atom is -0.480 e. The molecule has 2 aromatic rings. The standard InChI is InChI=1S/C26H40N8O6/c1-14(2)10-17(27)22(36)32-19(8-5-9-30-26(28)29)23(37)33-20(24(38)34-21(13-35)25(39)40)11-15-12-31-18-7-4-3-6-16(15)18/h3-4,6-7,12,14,17,19-21,31,35H,5,8-11,13,27H2,1-2H3,(H,32,36)(H,33,37)(H,34,38)(H,39,40)(H4,28,29,30)/t17-,19-,20-,21-/m0/s1. The molecule has 1 aromatic heterocycles. The molecule has 14 heteroatoms. The van der Waals surface area contributed by atoms with Gasteiger partial charge < -0.3 is 48.3 Å². The SMILES string of the molecule is CC(C)C[C@H](N)C(=O)N[C@@H](CCCN=C(N)N)C(=O)N[C@@H](Cc1c[nH]c2ccccc12)C(=O)N[C@@H](CO)C(=O)O. The van der Waals surface area contributed by atoms with E-state index < -0.39 is 54.5 Å². The summed E-state index contributed by atoms with van der Waals surface area (Å²) in [5, 5.41) is 27.0. The molecule has 0 radical (unpaired) electrons. The summed E-state index contributed by atoms with van der Waals surface area (Å²) in [5.74, 6) is -3.42. The number of carboxylic acid groups (broad SMARTS) is 1. The maximum Gasteiger partial charge on any atom is 0.328 e. The van der Waals surface area contributed by atoms with Gasteiger partial charge in [0.15, 0.2) is 5.96 Å². The molecular formula is C26H40N8O6. The van der Waals surface area contributed by atoms with Crippen molar-refractivity contribution in [1.82, 2.24) is 20.9 Å². The van der Waals surface area contributed by atoms with E-state index in [9.17, 15) is 29.4 Å². The number of aliphatic carboxylic acids is 1. The number of para-hydroxylation sites is 1. The largest absolute Gasteiger partial charge is 0.480 e. The predicted molar refractivity (Wildman–Crippen MR) is 150 cm³/mol. The van der Waals surface area contributed by atoms with Crippen LogP contribution in [0.3, 0.4) is 0 Å². The van der Waals surface area contributed by atoms with E-state index in [0.29, 0.717) is 18.4 Å². The lowest BCUT2D eigenvalue weighted by Crippen LogP contribution is -2.58. The van der Waals surface area contributed by atoms with E-state index in [4.69, 9.17) is 17.2 Å². The van der Waals surface area contributed by atoms with E-state index in [-0.39, 0.29) is 31.3 Å². The molecule has 40 heavy (non-hydrogen) atoms. The summed E-state index contributed by atoms with van der Waals surface area (Å²) in [4.78, 5) is 57.8. The first kappa shape index (κ1) is 32.0. The fourth-order valence-electron chi connectivity index (χ4n) is 4.13. The molecule has 0 fully saturated rings. The smallest absolute Gasteiger partial charge is 0.328 e. The average Bonchev–Trinajstić information content (AvgIpc) is 3.30. The summed E-state index contributed by atoms with van der Waals surface area (Å²) in [5.41, 5.74) is 18.2. The molecule has 0 aliphatic carbocycles. The van der Waals surface area contributed by atoms with E-state index in [1.54, 1.807) is 6.20 Å². The zero-order valence-corrected chi connectivity index (χ0v) is 22.7. The van der Waals surface area contributed by atoms with Crippen LogP contribution < -0.4 is 33.2 Å². The molecule has 0 saturated carbocycles. The molecule has 3 amide bonds. The van der Waals surface area contributed by atoms with Crippen molar-refractivity contribution in [1.29, 1.82) is 0 Å². The van der Waals surface area contributed by atoms with E-state index in [0.717, 1.165) is 10.9 Å². The molecular weight excluding hydrogens is 520 g/mol. The topological polar surface area (TPSA) is 251 Å². The van der Waals surface area contributed by atoms with E-state index in [1.807, 2.05) is 38.1 Å². The third kappa shape index (κ3) is 9.85. The van der Waals surface area contributed by atoms with Crippen LogP contribution in [0.15, 0.2) is 35.5 Å². The van der Waals surface area contributed by atoms with E-state index in [1.165, 1.54) is 0 Å². The van der Waals surface area contributed by atoms with Crippen LogP contribution in [0.1, 0.15) is 38.7 Å². The van der Waals surface area contributed by atoms with Crippen LogP contribution >= 0.6 is 0 Å². The van der Waals surface area contributed by atoms with Crippen molar-refractivity contribution < 1.29 is 29.4 Å². The zero-order valence-electron chi connectivity index (χ0n) is 22.7. The minimum absolute atomic E-state index is 0.000877. The average molecular weight is 561 g/mol. The number of hydrogen-bond donors (Lipinski definition) is 9. The molecule has 0 bridgehead atoms. The number of rotatable bonds is 16. The number of amides is 3. The predicted octanol–water partition coefficient (Wildman–Crippen LogP) is -1.33. The molecule has 4 atom stereocenters. The summed E-state index contributed by atoms with van der Waals surface area (Å²) in [6.45, 7) is 3.19. The second-order valence-corrected chi connectivity index (χ2v) is 9.95. The van der Waals surface area contributed by atoms with Gasteiger partial charge in [-0.2, -0.15) is 0 Å². The highest BCUT2D eigenvalue weighted by atomic mass is 16.4. The fourth-order valence-corrected chi connectivity index (χ4v) is 4.13. The van der Waals surface area contributed by atoms with Gasteiger partial charge in [0.2, 0.25) is 17.7 Å². The molecule has 12 N–H and O–H groups in total. The lowest BCUT2D eigenvalue weighted by molar-refractivity contribution is -0.143. The third-order valence-electron chi connectivity index (χ3n) is 6.17. The number of fused-ring (bicyclic) bond motifs is 1. The number of guanidine groups is 1. The number of H-pyrrole nitrogens is 1. The highest BCUT2D eigenvalue weighted by Crippen LogP contribution is 2.19. The Kier molecular flexibility index (Phi) is 12.4. The van der Waals surface area contributed by atoms with Crippen LogP contribution in [-0.2, 0) is 25.6 Å². The van der Waals surface area contributed by atoms with Crippen LogP contribution in [0, 0.1) is 5.92 Å². The molecule has 0 spiro atoms. The normalized spacial score (nSPS) is 14.1. The lowest BCUT2D eigenvalue weighted by atomic mass is 10.0. The number of nitrogens with one attached hydrogen (secondary N) is 4. The van der Waals surface area contributed by atoms with Gasteiger partial charge in [-0.25, -0.2) is 4.79 Å². The summed E-state index contributed by atoms with van der Waals surface area (Å²) >= 11 is 0. The highest BCUT2D eigenvalue weighted by molar-refractivity contribution is 5.95. The Morgan fingerprint density at radius 2 is 1.60 bits per heavy atom. The molecule has 2 rings (SSSR count). The lowest BCUT2D eigenvalue weighted by Gasteiger charge is -2.25. The van der Waals surface area contributed by atoms with Crippen molar-refractivity contribution in [3.63, 3.8) is 0 Å². The molecule has 0 aliphatic rings. The van der Waals surface area contributed by atoms with Crippen molar-refractivity contribution in [2.45, 2.75) is 63.7 Å². The Balaban J connectivity index is 2.30. The molecule has 1 aromatic carbocycles. The maximum absolute atomic E-state index is 13.4. The van der Waals surface area contributed by atoms with Gasteiger partial charge in [0, 0.05) is 30.1 Å². The summed E-state index contributed by atoms with van der Waals surface area (Å²) in [6.07, 6.45) is 2.56. The second kappa shape index (κ2) is 15.4. The maximum atomic E-state index is 13.4. The first-order valence-electron chi connectivity index (χ1n) is 13.0. The molecule has 0 aliphatic heterocycles. The Morgan fingerprint density at radius 3 is 2.23 bits per heavy atom. The highest BCUT2D eigenvalue weighted by Gasteiger charge is 2.31. The summed E-state index contributed by atoms with van der Waals surface area (Å²) < 4.78 is 0. The zero-order chi connectivity index (χ0) is 29.8. The summed E-state index contributed by atoms with van der Waals surface area (Å²) in [7, 11) is 0. The Labute approximate surface area is 232 Å². The van der Waals surface area contributed by atoms with Crippen molar-refractivity contribution >= 4 is 40.6 Å². The Hall–Kier alpha value is -4.17. The van der Waals surface area contributed by atoms with Gasteiger partial charge in [0.25, 0.3) is 0 Å². The monoisotopic (exact) mass is 560 g/mol.